The number of carbonyl (C=O) groups excluding carboxylic acids is 1. The second-order valence-corrected chi connectivity index (χ2v) is 11.2. The van der Waals surface area contributed by atoms with Gasteiger partial charge in [-0.05, 0) is 48.6 Å². The van der Waals surface area contributed by atoms with Crippen LogP contribution in [0.1, 0.15) is 148 Å². The first-order valence-electron chi connectivity index (χ1n) is 16.2. The topological polar surface area (TPSA) is 35.5 Å². The average Bonchev–Trinajstić information content (AvgIpc) is 2.96. The molecular formula is C36H56O3. The first kappa shape index (κ1) is 32.9. The van der Waals surface area contributed by atoms with Gasteiger partial charge >= 0.3 is 5.97 Å². The normalized spacial score (nSPS) is 11.9. The molecule has 0 saturated carbocycles. The quantitative estimate of drug-likeness (QED) is 0.105. The van der Waals surface area contributed by atoms with Gasteiger partial charge in [0.15, 0.2) is 0 Å². The van der Waals surface area contributed by atoms with Crippen LogP contribution in [-0.4, -0.2) is 12.6 Å². The highest BCUT2D eigenvalue weighted by Gasteiger charge is 2.12. The van der Waals surface area contributed by atoms with Crippen LogP contribution in [-0.2, 0) is 9.53 Å². The highest BCUT2D eigenvalue weighted by atomic mass is 16.5. The number of hydrogen-bond acceptors (Lipinski definition) is 3. The third-order valence-corrected chi connectivity index (χ3v) is 7.63. The van der Waals surface area contributed by atoms with Crippen LogP contribution in [0.4, 0.5) is 0 Å². The number of esters is 1. The Morgan fingerprint density at radius 1 is 0.590 bits per heavy atom. The fourth-order valence-corrected chi connectivity index (χ4v) is 5.02. The van der Waals surface area contributed by atoms with E-state index in [4.69, 9.17) is 9.47 Å². The van der Waals surface area contributed by atoms with E-state index in [1.165, 1.54) is 89.9 Å². The number of rotatable bonds is 23. The van der Waals surface area contributed by atoms with Crippen LogP contribution in [0.5, 0.6) is 5.75 Å². The summed E-state index contributed by atoms with van der Waals surface area (Å²) in [4.78, 5) is 12.3. The first-order chi connectivity index (χ1) is 19.1. The van der Waals surface area contributed by atoms with Crippen molar-refractivity contribution in [3.63, 3.8) is 0 Å². The molecule has 0 aliphatic rings. The molecule has 0 fully saturated rings. The van der Waals surface area contributed by atoms with Gasteiger partial charge in [-0.15, -0.1) is 0 Å². The molecule has 2 rings (SSSR count). The largest absolute Gasteiger partial charge is 0.494 e. The molecule has 3 nitrogen and oxygen atoms in total. The number of hydrogen-bond donors (Lipinski definition) is 0. The fraction of sp³-hybridized carbons (Fsp3) is 0.639. The summed E-state index contributed by atoms with van der Waals surface area (Å²) >= 11 is 0. The minimum Gasteiger partial charge on any atom is -0.494 e. The van der Waals surface area contributed by atoms with Gasteiger partial charge < -0.3 is 9.47 Å². The first-order valence-corrected chi connectivity index (χ1v) is 16.2. The standard InChI is InChI=1S/C36H56O3/c1-4-6-8-10-12-13-14-15-16-17-19-21-36(37)39-31(3)32-22-24-33(25-23-32)34-26-28-35(29-27-34)38-30-20-18-11-9-7-5-2/h22-29,31H,4-21,30H2,1-3H3. The second-order valence-electron chi connectivity index (χ2n) is 11.2. The Morgan fingerprint density at radius 3 is 1.54 bits per heavy atom. The van der Waals surface area contributed by atoms with Crippen molar-refractivity contribution in [2.75, 3.05) is 6.61 Å². The van der Waals surface area contributed by atoms with Gasteiger partial charge in [0.25, 0.3) is 0 Å². The van der Waals surface area contributed by atoms with Crippen LogP contribution in [0.2, 0.25) is 0 Å². The van der Waals surface area contributed by atoms with Crippen LogP contribution < -0.4 is 4.74 Å². The van der Waals surface area contributed by atoms with Crippen molar-refractivity contribution in [3.05, 3.63) is 54.1 Å². The molecule has 0 N–H and O–H groups in total. The van der Waals surface area contributed by atoms with E-state index in [-0.39, 0.29) is 12.1 Å². The van der Waals surface area contributed by atoms with Crippen LogP contribution in [0, 0.1) is 0 Å². The maximum atomic E-state index is 12.3. The van der Waals surface area contributed by atoms with Gasteiger partial charge in [0.1, 0.15) is 11.9 Å². The van der Waals surface area contributed by atoms with Crippen LogP contribution in [0.3, 0.4) is 0 Å². The number of carbonyl (C=O) groups is 1. The van der Waals surface area contributed by atoms with Gasteiger partial charge in [-0.2, -0.15) is 0 Å². The molecule has 1 unspecified atom stereocenters. The third kappa shape index (κ3) is 15.2. The SMILES string of the molecule is CCCCCCCCCCCCCC(=O)OC(C)c1ccc(-c2ccc(OCCCCCCCC)cc2)cc1. The zero-order valence-corrected chi connectivity index (χ0v) is 25.4. The molecular weight excluding hydrogens is 480 g/mol. The van der Waals surface area contributed by atoms with E-state index in [2.05, 4.69) is 62.4 Å². The predicted molar refractivity (Wildman–Crippen MR) is 166 cm³/mol. The van der Waals surface area contributed by atoms with Gasteiger partial charge in [-0.1, -0.05) is 147 Å². The van der Waals surface area contributed by atoms with Gasteiger partial charge in [0, 0.05) is 6.42 Å². The summed E-state index contributed by atoms with van der Waals surface area (Å²) in [5.74, 6) is 0.848. The Balaban J connectivity index is 1.60. The summed E-state index contributed by atoms with van der Waals surface area (Å²) in [5, 5.41) is 0. The Bertz CT molecular complexity index is 856. The fourth-order valence-electron chi connectivity index (χ4n) is 5.02. The zero-order valence-electron chi connectivity index (χ0n) is 25.4. The minimum atomic E-state index is -0.225. The molecule has 1 atom stereocenters. The van der Waals surface area contributed by atoms with Gasteiger partial charge in [0.05, 0.1) is 6.61 Å². The van der Waals surface area contributed by atoms with E-state index in [1.54, 1.807) is 0 Å². The van der Waals surface area contributed by atoms with Crippen LogP contribution >= 0.6 is 0 Å². The second kappa shape index (κ2) is 21.5. The molecule has 0 amide bonds. The smallest absolute Gasteiger partial charge is 0.306 e. The Hall–Kier alpha value is -2.29. The summed E-state index contributed by atoms with van der Waals surface area (Å²) in [6.07, 6.45) is 22.1. The molecule has 0 spiro atoms. The van der Waals surface area contributed by atoms with Crippen molar-refractivity contribution in [3.8, 4) is 16.9 Å². The summed E-state index contributed by atoms with van der Waals surface area (Å²) in [7, 11) is 0. The number of unbranched alkanes of at least 4 members (excludes halogenated alkanes) is 15. The van der Waals surface area contributed by atoms with E-state index >= 15 is 0 Å². The third-order valence-electron chi connectivity index (χ3n) is 7.63. The Labute approximate surface area is 240 Å². The van der Waals surface area contributed by atoms with E-state index in [0.717, 1.165) is 48.3 Å². The molecule has 0 aliphatic heterocycles. The molecule has 0 aliphatic carbocycles. The van der Waals surface area contributed by atoms with Crippen LogP contribution in [0.15, 0.2) is 48.5 Å². The lowest BCUT2D eigenvalue weighted by Crippen LogP contribution is -2.08. The minimum absolute atomic E-state index is 0.0842. The van der Waals surface area contributed by atoms with Crippen molar-refractivity contribution >= 4 is 5.97 Å². The molecule has 218 valence electrons. The van der Waals surface area contributed by atoms with Crippen molar-refractivity contribution in [1.82, 2.24) is 0 Å². The zero-order chi connectivity index (χ0) is 28.0. The molecule has 0 bridgehead atoms. The van der Waals surface area contributed by atoms with E-state index < -0.39 is 0 Å². The average molecular weight is 537 g/mol. The Morgan fingerprint density at radius 2 is 1.03 bits per heavy atom. The number of benzene rings is 2. The molecule has 2 aromatic carbocycles. The monoisotopic (exact) mass is 536 g/mol. The summed E-state index contributed by atoms with van der Waals surface area (Å²) in [5.41, 5.74) is 3.35. The number of ether oxygens (including phenoxy) is 2. The maximum absolute atomic E-state index is 12.3. The van der Waals surface area contributed by atoms with Gasteiger partial charge in [-0.3, -0.25) is 4.79 Å². The van der Waals surface area contributed by atoms with E-state index in [0.29, 0.717) is 6.42 Å². The molecule has 0 radical (unpaired) electrons. The lowest BCUT2D eigenvalue weighted by Gasteiger charge is -2.14. The van der Waals surface area contributed by atoms with Crippen molar-refractivity contribution in [2.45, 2.75) is 142 Å². The molecule has 39 heavy (non-hydrogen) atoms. The highest BCUT2D eigenvalue weighted by molar-refractivity contribution is 5.70. The molecule has 0 aromatic heterocycles. The van der Waals surface area contributed by atoms with E-state index in [9.17, 15) is 4.79 Å². The highest BCUT2D eigenvalue weighted by Crippen LogP contribution is 2.26. The van der Waals surface area contributed by atoms with Crippen LogP contribution in [0.25, 0.3) is 11.1 Å². The molecule has 0 heterocycles. The summed E-state index contributed by atoms with van der Waals surface area (Å²) in [6, 6.07) is 16.7. The van der Waals surface area contributed by atoms with Crippen molar-refractivity contribution < 1.29 is 14.3 Å². The molecule has 3 heteroatoms. The van der Waals surface area contributed by atoms with E-state index in [1.807, 2.05) is 6.92 Å². The molecule has 0 saturated heterocycles. The van der Waals surface area contributed by atoms with Gasteiger partial charge in [0.2, 0.25) is 0 Å². The van der Waals surface area contributed by atoms with Crippen molar-refractivity contribution in [1.29, 1.82) is 0 Å². The Kier molecular flexibility index (Phi) is 18.2. The predicted octanol–water partition coefficient (Wildman–Crippen LogP) is 11.4. The van der Waals surface area contributed by atoms with Crippen molar-refractivity contribution in [2.24, 2.45) is 0 Å². The lowest BCUT2D eigenvalue weighted by atomic mass is 10.0. The molecule has 2 aromatic rings. The summed E-state index contributed by atoms with van der Waals surface area (Å²) < 4.78 is 11.6. The van der Waals surface area contributed by atoms with Gasteiger partial charge in [-0.25, -0.2) is 0 Å². The lowest BCUT2D eigenvalue weighted by molar-refractivity contribution is -0.148. The summed E-state index contributed by atoms with van der Waals surface area (Å²) in [6.45, 7) is 7.27. The maximum Gasteiger partial charge on any atom is 0.306 e.